The first kappa shape index (κ1) is 15.3. The normalized spacial score (nSPS) is 21.2. The highest BCUT2D eigenvalue weighted by Gasteiger charge is 2.30. The van der Waals surface area contributed by atoms with Gasteiger partial charge in [0, 0.05) is 28.2 Å². The second kappa shape index (κ2) is 5.88. The van der Waals surface area contributed by atoms with Gasteiger partial charge in [0.15, 0.2) is 5.78 Å². The van der Waals surface area contributed by atoms with Crippen molar-refractivity contribution in [3.05, 3.63) is 35.0 Å². The van der Waals surface area contributed by atoms with Gasteiger partial charge in [0.1, 0.15) is 0 Å². The zero-order chi connectivity index (χ0) is 15.9. The second-order valence-electron chi connectivity index (χ2n) is 6.80. The zero-order valence-corrected chi connectivity index (χ0v) is 14.1. The molecule has 1 saturated heterocycles. The van der Waals surface area contributed by atoms with E-state index in [1.807, 2.05) is 6.92 Å². The predicted octanol–water partition coefficient (Wildman–Crippen LogP) is 4.23. The van der Waals surface area contributed by atoms with Crippen molar-refractivity contribution in [3.63, 3.8) is 0 Å². The molecule has 2 heterocycles. The first-order valence-electron chi connectivity index (χ1n) is 8.38. The standard InChI is InChI=1S/C19H26N2O/c1-12-8-9-16-17(11-12)20-14(3)18(16)19(22)15(4)21-10-6-5-7-13(21)2/h8-9,11,13,15,20H,5-7,10H2,1-4H3. The highest BCUT2D eigenvalue weighted by atomic mass is 16.1. The Morgan fingerprint density at radius 3 is 2.82 bits per heavy atom. The van der Waals surface area contributed by atoms with Crippen molar-refractivity contribution >= 4 is 16.7 Å². The van der Waals surface area contributed by atoms with Gasteiger partial charge in [0.05, 0.1) is 6.04 Å². The second-order valence-corrected chi connectivity index (χ2v) is 6.80. The molecule has 1 N–H and O–H groups in total. The summed E-state index contributed by atoms with van der Waals surface area (Å²) in [6, 6.07) is 6.73. The topological polar surface area (TPSA) is 36.1 Å². The molecule has 118 valence electrons. The minimum absolute atomic E-state index is 0.0469. The summed E-state index contributed by atoms with van der Waals surface area (Å²) in [6.07, 6.45) is 3.68. The smallest absolute Gasteiger partial charge is 0.182 e. The van der Waals surface area contributed by atoms with Gasteiger partial charge in [0.25, 0.3) is 0 Å². The van der Waals surface area contributed by atoms with Gasteiger partial charge in [0.2, 0.25) is 0 Å². The molecular formula is C19H26N2O. The summed E-state index contributed by atoms with van der Waals surface area (Å²) >= 11 is 0. The minimum Gasteiger partial charge on any atom is -0.358 e. The molecule has 2 aromatic rings. The molecule has 1 aliphatic heterocycles. The number of rotatable bonds is 3. The third-order valence-corrected chi connectivity index (χ3v) is 5.12. The quantitative estimate of drug-likeness (QED) is 0.861. The lowest BCUT2D eigenvalue weighted by atomic mass is 9.96. The van der Waals surface area contributed by atoms with Crippen LogP contribution in [0.15, 0.2) is 18.2 Å². The Balaban J connectivity index is 1.96. The summed E-state index contributed by atoms with van der Waals surface area (Å²) in [5, 5.41) is 1.06. The maximum absolute atomic E-state index is 13.1. The number of H-pyrrole nitrogens is 1. The van der Waals surface area contributed by atoms with E-state index in [2.05, 4.69) is 48.9 Å². The van der Waals surface area contributed by atoms with Crippen molar-refractivity contribution < 1.29 is 4.79 Å². The lowest BCUT2D eigenvalue weighted by Gasteiger charge is -2.37. The van der Waals surface area contributed by atoms with Crippen molar-refractivity contribution in [2.24, 2.45) is 0 Å². The molecule has 1 aliphatic rings. The largest absolute Gasteiger partial charge is 0.358 e. The van der Waals surface area contributed by atoms with Crippen LogP contribution in [0.25, 0.3) is 10.9 Å². The molecule has 1 fully saturated rings. The van der Waals surface area contributed by atoms with E-state index in [0.29, 0.717) is 6.04 Å². The number of likely N-dealkylation sites (tertiary alicyclic amines) is 1. The van der Waals surface area contributed by atoms with E-state index in [0.717, 1.165) is 28.7 Å². The van der Waals surface area contributed by atoms with E-state index in [-0.39, 0.29) is 11.8 Å². The van der Waals surface area contributed by atoms with Crippen LogP contribution in [0.4, 0.5) is 0 Å². The Morgan fingerprint density at radius 2 is 2.09 bits per heavy atom. The van der Waals surface area contributed by atoms with Crippen LogP contribution in [0.1, 0.15) is 54.7 Å². The van der Waals surface area contributed by atoms with Crippen LogP contribution in [0.3, 0.4) is 0 Å². The molecule has 0 bridgehead atoms. The van der Waals surface area contributed by atoms with Gasteiger partial charge in [-0.2, -0.15) is 0 Å². The molecule has 22 heavy (non-hydrogen) atoms. The van der Waals surface area contributed by atoms with E-state index in [9.17, 15) is 4.79 Å². The van der Waals surface area contributed by atoms with Crippen LogP contribution >= 0.6 is 0 Å². The van der Waals surface area contributed by atoms with Gasteiger partial charge < -0.3 is 4.98 Å². The summed E-state index contributed by atoms with van der Waals surface area (Å²) in [4.78, 5) is 18.9. The van der Waals surface area contributed by atoms with Crippen LogP contribution in [-0.2, 0) is 0 Å². The molecule has 1 aromatic heterocycles. The molecule has 3 heteroatoms. The van der Waals surface area contributed by atoms with Gasteiger partial charge >= 0.3 is 0 Å². The molecule has 0 spiro atoms. The van der Waals surface area contributed by atoms with Gasteiger partial charge in [-0.3, -0.25) is 9.69 Å². The van der Waals surface area contributed by atoms with Crippen LogP contribution in [0.5, 0.6) is 0 Å². The predicted molar refractivity (Wildman–Crippen MR) is 91.6 cm³/mol. The van der Waals surface area contributed by atoms with E-state index in [1.54, 1.807) is 0 Å². The Kier molecular flexibility index (Phi) is 4.09. The molecule has 0 aliphatic carbocycles. The van der Waals surface area contributed by atoms with Crippen molar-refractivity contribution in [1.29, 1.82) is 0 Å². The lowest BCUT2D eigenvalue weighted by Crippen LogP contribution is -2.47. The van der Waals surface area contributed by atoms with Crippen LogP contribution in [-0.4, -0.2) is 34.3 Å². The molecule has 1 aromatic carbocycles. The number of hydrogen-bond donors (Lipinski definition) is 1. The number of aromatic nitrogens is 1. The first-order chi connectivity index (χ1) is 10.5. The molecule has 2 unspecified atom stereocenters. The number of nitrogens with one attached hydrogen (secondary N) is 1. The maximum atomic E-state index is 13.1. The number of hydrogen-bond acceptors (Lipinski definition) is 2. The molecule has 2 atom stereocenters. The molecule has 3 rings (SSSR count). The number of fused-ring (bicyclic) bond motifs is 1. The summed E-state index contributed by atoms with van der Waals surface area (Å²) < 4.78 is 0. The third kappa shape index (κ3) is 2.58. The van der Waals surface area contributed by atoms with Crippen molar-refractivity contribution in [2.75, 3.05) is 6.54 Å². The number of carbonyl (C=O) groups is 1. The summed E-state index contributed by atoms with van der Waals surface area (Å²) in [6.45, 7) is 9.43. The van der Waals surface area contributed by atoms with Gasteiger partial charge in [-0.05, 0) is 58.7 Å². The Bertz CT molecular complexity index is 701. The average molecular weight is 298 g/mol. The zero-order valence-electron chi connectivity index (χ0n) is 14.1. The number of benzene rings is 1. The number of carbonyl (C=O) groups excluding carboxylic acids is 1. The van der Waals surface area contributed by atoms with Crippen LogP contribution in [0.2, 0.25) is 0 Å². The third-order valence-electron chi connectivity index (χ3n) is 5.12. The maximum Gasteiger partial charge on any atom is 0.182 e. The fraction of sp³-hybridized carbons (Fsp3) is 0.526. The van der Waals surface area contributed by atoms with Gasteiger partial charge in [-0.15, -0.1) is 0 Å². The number of piperidine rings is 1. The fourth-order valence-corrected chi connectivity index (χ4v) is 3.82. The Morgan fingerprint density at radius 1 is 1.32 bits per heavy atom. The SMILES string of the molecule is Cc1ccc2c(C(=O)C(C)N3CCCCC3C)c(C)[nH]c2c1. The Hall–Kier alpha value is -1.61. The molecular weight excluding hydrogens is 272 g/mol. The fourth-order valence-electron chi connectivity index (χ4n) is 3.82. The van der Waals surface area contributed by atoms with E-state index in [1.165, 1.54) is 24.8 Å². The van der Waals surface area contributed by atoms with E-state index >= 15 is 0 Å². The van der Waals surface area contributed by atoms with Crippen molar-refractivity contribution in [1.82, 2.24) is 9.88 Å². The van der Waals surface area contributed by atoms with Gasteiger partial charge in [-0.25, -0.2) is 0 Å². The lowest BCUT2D eigenvalue weighted by molar-refractivity contribution is 0.0702. The van der Waals surface area contributed by atoms with Crippen molar-refractivity contribution in [2.45, 2.75) is 59.0 Å². The van der Waals surface area contributed by atoms with E-state index < -0.39 is 0 Å². The molecule has 0 amide bonds. The number of aromatic amines is 1. The van der Waals surface area contributed by atoms with Crippen molar-refractivity contribution in [3.8, 4) is 0 Å². The van der Waals surface area contributed by atoms with Gasteiger partial charge in [-0.1, -0.05) is 18.6 Å². The summed E-state index contributed by atoms with van der Waals surface area (Å²) in [5.74, 6) is 0.251. The minimum atomic E-state index is -0.0469. The molecule has 0 radical (unpaired) electrons. The van der Waals surface area contributed by atoms with Crippen LogP contribution < -0.4 is 0 Å². The monoisotopic (exact) mass is 298 g/mol. The molecule has 3 nitrogen and oxygen atoms in total. The number of ketones is 1. The highest BCUT2D eigenvalue weighted by Crippen LogP contribution is 2.27. The average Bonchev–Trinajstić information content (AvgIpc) is 2.81. The summed E-state index contributed by atoms with van der Waals surface area (Å²) in [5.41, 5.74) is 4.15. The number of Topliss-reactive ketones (excluding diaryl/α,β-unsaturated/α-hetero) is 1. The number of aryl methyl sites for hydroxylation is 2. The summed E-state index contributed by atoms with van der Waals surface area (Å²) in [7, 11) is 0. The van der Waals surface area contributed by atoms with E-state index in [4.69, 9.17) is 0 Å². The highest BCUT2D eigenvalue weighted by molar-refractivity contribution is 6.11. The Labute approximate surface area is 132 Å². The number of nitrogens with zero attached hydrogens (tertiary/aromatic N) is 1. The van der Waals surface area contributed by atoms with Crippen LogP contribution in [0, 0.1) is 13.8 Å². The molecule has 0 saturated carbocycles. The first-order valence-corrected chi connectivity index (χ1v) is 8.38.